The molecule has 0 atom stereocenters. The van der Waals surface area contributed by atoms with Gasteiger partial charge in [0.1, 0.15) is 15.7 Å². The van der Waals surface area contributed by atoms with Gasteiger partial charge in [0.25, 0.3) is 10.0 Å². The first-order chi connectivity index (χ1) is 12.3. The van der Waals surface area contributed by atoms with Gasteiger partial charge in [-0.2, -0.15) is 0 Å². The quantitative estimate of drug-likeness (QED) is 0.635. The number of anilines is 3. The fraction of sp³-hybridized carbons (Fsp3) is 0.0588. The number of thiophene rings is 1. The third-order valence-corrected chi connectivity index (χ3v) is 6.25. The van der Waals surface area contributed by atoms with Crippen molar-refractivity contribution in [2.24, 2.45) is 0 Å². The van der Waals surface area contributed by atoms with Crippen LogP contribution in [0.15, 0.2) is 52.1 Å². The molecule has 0 amide bonds. The van der Waals surface area contributed by atoms with Crippen molar-refractivity contribution in [2.75, 3.05) is 10.0 Å². The second kappa shape index (κ2) is 7.00. The van der Waals surface area contributed by atoms with Gasteiger partial charge in [-0.15, -0.1) is 11.3 Å². The molecule has 0 spiro atoms. The molecule has 3 rings (SSSR count). The highest BCUT2D eigenvalue weighted by Gasteiger charge is 2.21. The summed E-state index contributed by atoms with van der Waals surface area (Å²) < 4.78 is 68.9. The highest BCUT2D eigenvalue weighted by molar-refractivity contribution is 7.94. The van der Waals surface area contributed by atoms with Crippen LogP contribution in [0.2, 0.25) is 0 Å². The molecule has 0 aliphatic heterocycles. The maximum atomic E-state index is 14.3. The van der Waals surface area contributed by atoms with E-state index in [4.69, 9.17) is 0 Å². The molecule has 2 aromatic carbocycles. The lowest BCUT2D eigenvalue weighted by Crippen LogP contribution is -2.14. The smallest absolute Gasteiger partial charge is 0.271 e. The summed E-state index contributed by atoms with van der Waals surface area (Å²) in [5, 5.41) is 4.00. The second-order valence-corrected chi connectivity index (χ2v) is 8.29. The summed E-state index contributed by atoms with van der Waals surface area (Å²) in [6.45, 7) is 1.68. The van der Waals surface area contributed by atoms with Crippen molar-refractivity contribution >= 4 is 38.4 Å². The van der Waals surface area contributed by atoms with Gasteiger partial charge >= 0.3 is 0 Å². The van der Waals surface area contributed by atoms with E-state index in [1.807, 2.05) is 0 Å². The van der Waals surface area contributed by atoms with Gasteiger partial charge in [-0.25, -0.2) is 21.6 Å². The molecule has 3 aromatic rings. The zero-order valence-electron chi connectivity index (χ0n) is 13.4. The fourth-order valence-electron chi connectivity index (χ4n) is 2.23. The van der Waals surface area contributed by atoms with Crippen LogP contribution in [0.25, 0.3) is 0 Å². The Morgan fingerprint density at radius 2 is 1.69 bits per heavy atom. The van der Waals surface area contributed by atoms with E-state index in [9.17, 15) is 21.6 Å². The first kappa shape index (κ1) is 18.3. The zero-order valence-corrected chi connectivity index (χ0v) is 15.0. The van der Waals surface area contributed by atoms with Gasteiger partial charge in [0, 0.05) is 0 Å². The minimum absolute atomic E-state index is 0.00898. The van der Waals surface area contributed by atoms with Gasteiger partial charge in [0.15, 0.2) is 11.6 Å². The van der Waals surface area contributed by atoms with Crippen LogP contribution in [0, 0.1) is 24.4 Å². The maximum Gasteiger partial charge on any atom is 0.271 e. The van der Waals surface area contributed by atoms with E-state index in [2.05, 4.69) is 10.0 Å². The van der Waals surface area contributed by atoms with E-state index in [0.29, 0.717) is 5.56 Å². The Hall–Kier alpha value is -2.52. The topological polar surface area (TPSA) is 58.2 Å². The molecule has 0 unspecified atom stereocenters. The maximum absolute atomic E-state index is 14.3. The highest BCUT2D eigenvalue weighted by Crippen LogP contribution is 2.33. The molecule has 0 saturated carbocycles. The number of aryl methyl sites for hydroxylation is 1. The molecular weight excluding hydrogens is 385 g/mol. The molecule has 0 radical (unpaired) electrons. The van der Waals surface area contributed by atoms with Crippen LogP contribution >= 0.6 is 11.3 Å². The van der Waals surface area contributed by atoms with Crippen molar-refractivity contribution in [1.82, 2.24) is 0 Å². The Morgan fingerprint density at radius 1 is 0.962 bits per heavy atom. The Balaban J connectivity index is 2.03. The Morgan fingerprint density at radius 3 is 2.35 bits per heavy atom. The van der Waals surface area contributed by atoms with Gasteiger partial charge in [-0.05, 0) is 48.2 Å². The summed E-state index contributed by atoms with van der Waals surface area (Å²) in [5.41, 5.74) is -0.215. The van der Waals surface area contributed by atoms with Crippen LogP contribution in [-0.4, -0.2) is 8.42 Å². The molecule has 1 heterocycles. The summed E-state index contributed by atoms with van der Waals surface area (Å²) in [7, 11) is -3.99. The SMILES string of the molecule is Cc1ccc(Nc2c(NS(=O)(=O)c3cccs3)ccc(F)c2F)c(F)c1. The van der Waals surface area contributed by atoms with Crippen molar-refractivity contribution in [3.63, 3.8) is 0 Å². The number of hydrogen-bond donors (Lipinski definition) is 2. The first-order valence-corrected chi connectivity index (χ1v) is 9.72. The minimum Gasteiger partial charge on any atom is -0.349 e. The molecule has 2 N–H and O–H groups in total. The number of rotatable bonds is 5. The number of nitrogens with one attached hydrogen (secondary N) is 2. The van der Waals surface area contributed by atoms with Crippen LogP contribution in [0.1, 0.15) is 5.56 Å². The van der Waals surface area contributed by atoms with Crippen molar-refractivity contribution < 1.29 is 21.6 Å². The van der Waals surface area contributed by atoms with Gasteiger partial charge in [0.05, 0.1) is 11.4 Å². The Kier molecular flexibility index (Phi) is 4.92. The summed E-state index contributed by atoms with van der Waals surface area (Å²) >= 11 is 0.972. The standard InChI is InChI=1S/C17H13F3N2O2S2/c1-10-4-6-13(12(19)9-10)21-17-14(7-5-11(18)16(17)20)22-26(23,24)15-3-2-8-25-15/h2-9,21-22H,1H3. The molecule has 0 fully saturated rings. The van der Waals surface area contributed by atoms with E-state index in [1.165, 1.54) is 18.2 Å². The molecule has 0 aliphatic rings. The fourth-order valence-corrected chi connectivity index (χ4v) is 4.29. The normalized spacial score (nSPS) is 11.4. The van der Waals surface area contributed by atoms with Crippen molar-refractivity contribution in [2.45, 2.75) is 11.1 Å². The van der Waals surface area contributed by atoms with Crippen LogP contribution in [0.4, 0.5) is 30.2 Å². The molecule has 0 bridgehead atoms. The van der Waals surface area contributed by atoms with E-state index in [-0.39, 0.29) is 15.6 Å². The molecule has 26 heavy (non-hydrogen) atoms. The lowest BCUT2D eigenvalue weighted by atomic mass is 10.2. The van der Waals surface area contributed by atoms with Crippen LogP contribution in [0.5, 0.6) is 0 Å². The second-order valence-electron chi connectivity index (χ2n) is 5.43. The van der Waals surface area contributed by atoms with Crippen molar-refractivity contribution in [3.05, 3.63) is 70.9 Å². The zero-order chi connectivity index (χ0) is 18.9. The molecule has 4 nitrogen and oxygen atoms in total. The average molecular weight is 398 g/mol. The van der Waals surface area contributed by atoms with E-state index in [1.54, 1.807) is 24.4 Å². The highest BCUT2D eigenvalue weighted by atomic mass is 32.2. The predicted molar refractivity (Wildman–Crippen MR) is 95.9 cm³/mol. The summed E-state index contributed by atoms with van der Waals surface area (Å²) in [6.07, 6.45) is 0. The molecular formula is C17H13F3N2O2S2. The van der Waals surface area contributed by atoms with Crippen LogP contribution < -0.4 is 10.0 Å². The largest absolute Gasteiger partial charge is 0.349 e. The van der Waals surface area contributed by atoms with Gasteiger partial charge in [-0.3, -0.25) is 4.72 Å². The van der Waals surface area contributed by atoms with Gasteiger partial charge in [0.2, 0.25) is 0 Å². The third-order valence-electron chi connectivity index (χ3n) is 3.48. The minimum atomic E-state index is -3.99. The monoisotopic (exact) mass is 398 g/mol. The number of benzene rings is 2. The number of sulfonamides is 1. The molecule has 9 heteroatoms. The molecule has 1 aromatic heterocycles. The lowest BCUT2D eigenvalue weighted by molar-refractivity contribution is 0.512. The molecule has 0 saturated heterocycles. The molecule has 0 aliphatic carbocycles. The van der Waals surface area contributed by atoms with Gasteiger partial charge in [-0.1, -0.05) is 12.1 Å². The van der Waals surface area contributed by atoms with Crippen molar-refractivity contribution in [1.29, 1.82) is 0 Å². The first-order valence-electron chi connectivity index (χ1n) is 7.35. The van der Waals surface area contributed by atoms with Gasteiger partial charge < -0.3 is 5.32 Å². The molecule has 136 valence electrons. The Labute approximate surface area is 152 Å². The number of halogens is 3. The third kappa shape index (κ3) is 3.68. The average Bonchev–Trinajstić information content (AvgIpc) is 3.11. The summed E-state index contributed by atoms with van der Waals surface area (Å²) in [4.78, 5) is 0. The van der Waals surface area contributed by atoms with E-state index < -0.39 is 33.2 Å². The summed E-state index contributed by atoms with van der Waals surface area (Å²) in [6, 6.07) is 8.93. The lowest BCUT2D eigenvalue weighted by Gasteiger charge is -2.15. The number of hydrogen-bond acceptors (Lipinski definition) is 4. The Bertz CT molecular complexity index is 1050. The van der Waals surface area contributed by atoms with Crippen molar-refractivity contribution in [3.8, 4) is 0 Å². The predicted octanol–water partition coefficient (Wildman–Crippen LogP) is 5.02. The summed E-state index contributed by atoms with van der Waals surface area (Å²) in [5.74, 6) is -3.20. The van der Waals surface area contributed by atoms with Crippen LogP contribution in [0.3, 0.4) is 0 Å². The van der Waals surface area contributed by atoms with E-state index in [0.717, 1.165) is 23.5 Å². The van der Waals surface area contributed by atoms with E-state index >= 15 is 0 Å². The van der Waals surface area contributed by atoms with Crippen LogP contribution in [-0.2, 0) is 10.0 Å².